The molecule has 1 fully saturated rings. The van der Waals surface area contributed by atoms with Crippen LogP contribution in [0.25, 0.3) is 0 Å². The van der Waals surface area contributed by atoms with Gasteiger partial charge in [0.2, 0.25) is 0 Å². The molecule has 0 N–H and O–H groups in total. The maximum atomic E-state index is 10.9. The number of hydrogen-bond acceptors (Lipinski definition) is 3. The van der Waals surface area contributed by atoms with Crippen LogP contribution in [0, 0.1) is 12.3 Å². The molecule has 1 heterocycles. The van der Waals surface area contributed by atoms with Gasteiger partial charge in [-0.15, -0.1) is 0 Å². The molecule has 1 aromatic heterocycles. The predicted octanol–water partition coefficient (Wildman–Crippen LogP) is -12.7. The topological polar surface area (TPSA) is 39.2 Å². The Hall–Kier alpha value is 0.888. The van der Waals surface area contributed by atoms with Crippen LogP contribution in [-0.2, 0) is 9.53 Å². The third-order valence-corrected chi connectivity index (χ3v) is 2.51. The Balaban J connectivity index is -0.0000000483. The second-order valence-electron chi connectivity index (χ2n) is 3.70. The normalized spacial score (nSPS) is 14.0. The minimum atomic E-state index is -0.0454. The smallest absolute Gasteiger partial charge is 1.00 e. The second-order valence-corrected chi connectivity index (χ2v) is 3.70. The van der Waals surface area contributed by atoms with Crippen LogP contribution in [0.3, 0.4) is 0 Å². The summed E-state index contributed by atoms with van der Waals surface area (Å²) < 4.78 is 4.63. The molecule has 0 amide bonds. The minimum absolute atomic E-state index is 0. The van der Waals surface area contributed by atoms with Gasteiger partial charge >= 0.3 is 30.4 Å². The van der Waals surface area contributed by atoms with Gasteiger partial charge in [-0.05, 0) is 18.6 Å². The van der Waals surface area contributed by atoms with Gasteiger partial charge in [-0.3, -0.25) is 9.78 Å². The van der Waals surface area contributed by atoms with Crippen LogP contribution in [0.15, 0.2) is 30.6 Å². The monoisotopic (exact) mass is 516 g/mol. The van der Waals surface area contributed by atoms with Crippen LogP contribution >= 0.6 is 0 Å². The van der Waals surface area contributed by atoms with E-state index in [2.05, 4.69) is 16.1 Å². The van der Waals surface area contributed by atoms with Crippen LogP contribution in [0.1, 0.15) is 25.7 Å². The van der Waals surface area contributed by atoms with E-state index in [0.29, 0.717) is 0 Å². The summed E-state index contributed by atoms with van der Waals surface area (Å²) in [5, 5.41) is 0. The number of aromatic nitrogens is 1. The molecule has 0 bridgehead atoms. The molecule has 1 aliphatic rings. The Bertz CT molecular complexity index is 277. The van der Waals surface area contributed by atoms with E-state index in [4.69, 9.17) is 0 Å². The van der Waals surface area contributed by atoms with Crippen molar-refractivity contribution in [2.24, 2.45) is 5.92 Å². The van der Waals surface area contributed by atoms with Crippen LogP contribution in [0.5, 0.6) is 0 Å². The predicted molar refractivity (Wildman–Crippen MR) is 68.3 cm³/mol. The molecule has 1 saturated carbocycles. The fourth-order valence-corrected chi connectivity index (χ4v) is 1.64. The first kappa shape index (κ1) is 38.4. The van der Waals surface area contributed by atoms with Crippen LogP contribution in [0.2, 0.25) is 0 Å². The molecular weight excluding hydrogens is 501 g/mol. The standard InChI is InChI=1S/C8H13O2.C5H5N.5ClH.Sb/c1-10-8(9)7-5-3-2-4-6-7;1-2-4-6-5-3-1;;;;;;/h3,7H,2,4-6H2,1H3;1-5H;5*1H;/q-1;;;;;;;+5/p-5. The molecule has 1 atom stereocenters. The molecule has 128 valence electrons. The average Bonchev–Trinajstić information content (AvgIpc) is 2.41. The quantitative estimate of drug-likeness (QED) is 0.210. The van der Waals surface area contributed by atoms with E-state index >= 15 is 0 Å². The molecule has 2 rings (SSSR count). The van der Waals surface area contributed by atoms with Gasteiger partial charge in [0.1, 0.15) is 0 Å². The number of rotatable bonds is 1. The van der Waals surface area contributed by atoms with Gasteiger partial charge in [0.15, 0.2) is 0 Å². The number of methoxy groups -OCH3 is 1. The Kier molecular flexibility index (Phi) is 46.8. The molecule has 1 aromatic rings. The number of esters is 1. The van der Waals surface area contributed by atoms with Crippen molar-refractivity contribution in [3.05, 3.63) is 37.0 Å². The number of carbonyl (C=O) groups excluding carboxylic acids is 1. The third-order valence-electron chi connectivity index (χ3n) is 2.51. The summed E-state index contributed by atoms with van der Waals surface area (Å²) in [6, 6.07) is 5.72. The van der Waals surface area contributed by atoms with E-state index in [9.17, 15) is 4.79 Å². The fourth-order valence-electron chi connectivity index (χ4n) is 1.64. The maximum absolute atomic E-state index is 10.9. The van der Waals surface area contributed by atoms with E-state index < -0.39 is 0 Å². The number of hydrogen-bond donors (Lipinski definition) is 0. The van der Waals surface area contributed by atoms with Crippen molar-refractivity contribution in [1.82, 2.24) is 4.98 Å². The average molecular weight is 519 g/mol. The summed E-state index contributed by atoms with van der Waals surface area (Å²) in [4.78, 5) is 14.7. The summed E-state index contributed by atoms with van der Waals surface area (Å²) in [6.07, 6.45) is 9.88. The summed E-state index contributed by atoms with van der Waals surface area (Å²) in [5.41, 5.74) is 0. The number of carbonyl (C=O) groups is 1. The van der Waals surface area contributed by atoms with Crippen molar-refractivity contribution < 1.29 is 71.6 Å². The molecule has 1 aliphatic carbocycles. The van der Waals surface area contributed by atoms with E-state index in [1.807, 2.05) is 18.2 Å². The maximum Gasteiger partial charge on any atom is 5.00 e. The van der Waals surface area contributed by atoms with E-state index in [1.54, 1.807) is 12.4 Å². The van der Waals surface area contributed by atoms with Crippen LogP contribution in [0.4, 0.5) is 0 Å². The van der Waals surface area contributed by atoms with Crippen molar-refractivity contribution in [2.75, 3.05) is 7.11 Å². The van der Waals surface area contributed by atoms with E-state index in [1.165, 1.54) is 7.11 Å². The molecule has 22 heavy (non-hydrogen) atoms. The molecule has 1 unspecified atom stereocenters. The molecule has 0 radical (unpaired) electrons. The summed E-state index contributed by atoms with van der Waals surface area (Å²) in [5.74, 6) is 0.106. The fraction of sp³-hybridized carbons (Fsp3) is 0.462. The van der Waals surface area contributed by atoms with Crippen molar-refractivity contribution in [3.8, 4) is 0 Å². The first-order chi connectivity index (χ1) is 7.84. The largest absolute Gasteiger partial charge is 5.00 e. The summed E-state index contributed by atoms with van der Waals surface area (Å²) in [6.45, 7) is 0. The second kappa shape index (κ2) is 26.8. The van der Waals surface area contributed by atoms with Gasteiger partial charge in [-0.2, -0.15) is 12.8 Å². The Morgan fingerprint density at radius 1 is 1.09 bits per heavy atom. The molecular formula is C13H18Cl5NO2Sb-. The molecule has 9 heteroatoms. The van der Waals surface area contributed by atoms with Gasteiger partial charge in [-0.1, -0.05) is 12.5 Å². The van der Waals surface area contributed by atoms with Gasteiger partial charge in [0.25, 0.3) is 0 Å². The van der Waals surface area contributed by atoms with Crippen molar-refractivity contribution in [1.29, 1.82) is 0 Å². The zero-order valence-electron chi connectivity index (χ0n) is 12.0. The summed E-state index contributed by atoms with van der Waals surface area (Å²) >= 11 is 0. The molecule has 0 spiro atoms. The van der Waals surface area contributed by atoms with Crippen molar-refractivity contribution in [3.63, 3.8) is 0 Å². The molecule has 0 aliphatic heterocycles. The van der Waals surface area contributed by atoms with Gasteiger partial charge in [0.05, 0.1) is 7.11 Å². The summed E-state index contributed by atoms with van der Waals surface area (Å²) in [7, 11) is 1.46. The third kappa shape index (κ3) is 18.9. The number of nitrogens with zero attached hydrogens (tertiary/aromatic N) is 1. The molecule has 0 aromatic carbocycles. The Morgan fingerprint density at radius 3 is 1.91 bits per heavy atom. The number of halogens is 5. The SMILES string of the molecule is COC(=O)C1C[CH-]CCC1.[Cl-].[Cl-].[Cl-].[Cl-].[Cl-].[Sb+5].c1ccncc1. The Morgan fingerprint density at radius 2 is 1.64 bits per heavy atom. The van der Waals surface area contributed by atoms with Crippen molar-refractivity contribution >= 4 is 30.4 Å². The first-order valence-electron chi connectivity index (χ1n) is 5.59. The van der Waals surface area contributed by atoms with Crippen LogP contribution in [-0.4, -0.2) is 42.5 Å². The zero-order chi connectivity index (χ0) is 11.6. The van der Waals surface area contributed by atoms with Gasteiger partial charge in [0, 0.05) is 18.3 Å². The van der Waals surface area contributed by atoms with Crippen LogP contribution < -0.4 is 62.0 Å². The van der Waals surface area contributed by atoms with Gasteiger partial charge < -0.3 is 73.2 Å². The number of pyridine rings is 1. The van der Waals surface area contributed by atoms with Crippen molar-refractivity contribution in [2.45, 2.75) is 25.7 Å². The zero-order valence-corrected chi connectivity index (χ0v) is 18.3. The molecule has 3 nitrogen and oxygen atoms in total. The van der Waals surface area contributed by atoms with E-state index in [-0.39, 0.29) is 98.4 Å². The molecule has 0 saturated heterocycles. The number of ether oxygens (including phenoxy) is 1. The Labute approximate surface area is 181 Å². The van der Waals surface area contributed by atoms with Gasteiger partial charge in [-0.25, -0.2) is 0 Å². The minimum Gasteiger partial charge on any atom is -1.00 e. The first-order valence-corrected chi connectivity index (χ1v) is 5.59. The van der Waals surface area contributed by atoms with E-state index in [0.717, 1.165) is 25.7 Å².